The Morgan fingerprint density at radius 2 is 2.35 bits per heavy atom. The van der Waals surface area contributed by atoms with Gasteiger partial charge in [-0.1, -0.05) is 0 Å². The number of hydrogen-bond donors (Lipinski definition) is 2. The molecule has 1 saturated heterocycles. The van der Waals surface area contributed by atoms with E-state index >= 15 is 0 Å². The molecule has 0 aromatic carbocycles. The zero-order chi connectivity index (χ0) is 16.5. The Bertz CT molecular complexity index is 493. The number of urea groups is 1. The van der Waals surface area contributed by atoms with Gasteiger partial charge in [0.2, 0.25) is 5.91 Å². The molecule has 23 heavy (non-hydrogen) atoms. The third kappa shape index (κ3) is 5.84. The van der Waals surface area contributed by atoms with Crippen LogP contribution in [-0.4, -0.2) is 49.7 Å². The van der Waals surface area contributed by atoms with Gasteiger partial charge in [0, 0.05) is 32.8 Å². The van der Waals surface area contributed by atoms with E-state index in [-0.39, 0.29) is 17.9 Å². The van der Waals surface area contributed by atoms with Gasteiger partial charge >= 0.3 is 6.03 Å². The van der Waals surface area contributed by atoms with Crippen molar-refractivity contribution in [2.75, 3.05) is 38.2 Å². The number of hydrogen-bond acceptors (Lipinski definition) is 4. The summed E-state index contributed by atoms with van der Waals surface area (Å²) < 4.78 is 5.25. The molecular formula is C16H25N3O3S. The highest BCUT2D eigenvalue weighted by Gasteiger charge is 2.28. The number of likely N-dealkylation sites (tertiary alicyclic amines) is 1. The summed E-state index contributed by atoms with van der Waals surface area (Å²) in [5.41, 5.74) is 0. The molecule has 1 atom stereocenters. The fourth-order valence-corrected chi connectivity index (χ4v) is 3.19. The number of piperidine rings is 1. The molecule has 0 aliphatic carbocycles. The molecule has 0 spiro atoms. The Morgan fingerprint density at radius 1 is 1.48 bits per heavy atom. The highest BCUT2D eigenvalue weighted by molar-refractivity contribution is 7.14. The van der Waals surface area contributed by atoms with Crippen LogP contribution in [0, 0.1) is 5.92 Å². The lowest BCUT2D eigenvalue weighted by molar-refractivity contribution is -0.126. The van der Waals surface area contributed by atoms with Crippen LogP contribution in [0.15, 0.2) is 17.5 Å². The van der Waals surface area contributed by atoms with E-state index in [4.69, 9.17) is 4.74 Å². The Balaban J connectivity index is 1.73. The molecule has 1 fully saturated rings. The van der Waals surface area contributed by atoms with Crippen molar-refractivity contribution < 1.29 is 14.3 Å². The molecule has 1 unspecified atom stereocenters. The van der Waals surface area contributed by atoms with Crippen LogP contribution < -0.4 is 10.6 Å². The van der Waals surface area contributed by atoms with Crippen molar-refractivity contribution in [1.29, 1.82) is 0 Å². The van der Waals surface area contributed by atoms with E-state index in [9.17, 15) is 9.59 Å². The summed E-state index contributed by atoms with van der Waals surface area (Å²) in [5.74, 6) is -0.0833. The third-order valence-electron chi connectivity index (χ3n) is 3.80. The van der Waals surface area contributed by atoms with Crippen LogP contribution in [0.4, 0.5) is 9.80 Å². The molecule has 0 radical (unpaired) electrons. The molecule has 0 bridgehead atoms. The first-order valence-corrected chi connectivity index (χ1v) is 9.03. The van der Waals surface area contributed by atoms with Gasteiger partial charge in [0.15, 0.2) is 0 Å². The minimum Gasteiger partial charge on any atom is -0.382 e. The fourth-order valence-electron chi connectivity index (χ4n) is 2.58. The van der Waals surface area contributed by atoms with Crippen LogP contribution in [0.1, 0.15) is 26.2 Å². The van der Waals surface area contributed by atoms with Gasteiger partial charge in [0.1, 0.15) is 0 Å². The van der Waals surface area contributed by atoms with Gasteiger partial charge in [0.05, 0.1) is 10.9 Å². The van der Waals surface area contributed by atoms with Crippen molar-refractivity contribution in [3.8, 4) is 0 Å². The summed E-state index contributed by atoms with van der Waals surface area (Å²) in [4.78, 5) is 26.2. The smallest absolute Gasteiger partial charge is 0.322 e. The van der Waals surface area contributed by atoms with Crippen LogP contribution in [0.2, 0.25) is 0 Å². The highest BCUT2D eigenvalue weighted by atomic mass is 32.1. The average Bonchev–Trinajstić information content (AvgIpc) is 3.07. The molecule has 1 aliphatic heterocycles. The zero-order valence-corrected chi connectivity index (χ0v) is 14.4. The molecule has 2 heterocycles. The molecule has 3 amide bonds. The number of nitrogens with one attached hydrogen (secondary N) is 2. The van der Waals surface area contributed by atoms with Crippen LogP contribution in [0.25, 0.3) is 0 Å². The first-order chi connectivity index (χ1) is 11.2. The van der Waals surface area contributed by atoms with E-state index in [1.165, 1.54) is 11.3 Å². The van der Waals surface area contributed by atoms with Crippen LogP contribution in [-0.2, 0) is 9.53 Å². The van der Waals surface area contributed by atoms with E-state index in [0.29, 0.717) is 32.8 Å². The van der Waals surface area contributed by atoms with Gasteiger partial charge in [-0.25, -0.2) is 4.79 Å². The maximum atomic E-state index is 12.2. The lowest BCUT2D eigenvalue weighted by Gasteiger charge is -2.31. The van der Waals surface area contributed by atoms with Crippen molar-refractivity contribution in [1.82, 2.24) is 10.2 Å². The second-order valence-corrected chi connectivity index (χ2v) is 6.48. The first-order valence-electron chi connectivity index (χ1n) is 8.15. The number of amides is 3. The maximum absolute atomic E-state index is 12.2. The van der Waals surface area contributed by atoms with Crippen LogP contribution >= 0.6 is 11.3 Å². The molecular weight excluding hydrogens is 314 g/mol. The van der Waals surface area contributed by atoms with Gasteiger partial charge in [-0.3, -0.25) is 10.1 Å². The zero-order valence-electron chi connectivity index (χ0n) is 13.5. The molecule has 6 nitrogen and oxygen atoms in total. The Kier molecular flexibility index (Phi) is 7.35. The van der Waals surface area contributed by atoms with Crippen molar-refractivity contribution in [2.45, 2.75) is 26.2 Å². The average molecular weight is 339 g/mol. The molecule has 2 N–H and O–H groups in total. The predicted molar refractivity (Wildman–Crippen MR) is 91.8 cm³/mol. The van der Waals surface area contributed by atoms with Crippen molar-refractivity contribution in [3.63, 3.8) is 0 Å². The largest absolute Gasteiger partial charge is 0.382 e. The first kappa shape index (κ1) is 17.7. The number of ether oxygens (including phenoxy) is 1. The Morgan fingerprint density at radius 3 is 3.09 bits per heavy atom. The SMILES string of the molecule is CCOCCCNC(=O)C1CCCN(C(=O)Nc2cccs2)C1. The summed E-state index contributed by atoms with van der Waals surface area (Å²) >= 11 is 1.49. The molecule has 7 heteroatoms. The summed E-state index contributed by atoms with van der Waals surface area (Å²) in [6, 6.07) is 3.64. The van der Waals surface area contributed by atoms with Gasteiger partial charge < -0.3 is 15.0 Å². The van der Waals surface area contributed by atoms with Gasteiger partial charge in [-0.15, -0.1) is 11.3 Å². The summed E-state index contributed by atoms with van der Waals surface area (Å²) in [6.07, 6.45) is 2.50. The topological polar surface area (TPSA) is 70.7 Å². The monoisotopic (exact) mass is 339 g/mol. The summed E-state index contributed by atoms with van der Waals surface area (Å²) in [6.45, 7) is 5.12. The van der Waals surface area contributed by atoms with Crippen LogP contribution in [0.3, 0.4) is 0 Å². The Hall–Kier alpha value is -1.60. The molecule has 1 aromatic heterocycles. The second-order valence-electron chi connectivity index (χ2n) is 5.53. The van der Waals surface area contributed by atoms with Crippen molar-refractivity contribution in [3.05, 3.63) is 17.5 Å². The standard InChI is InChI=1S/C16H25N3O3S/c1-2-22-10-5-8-17-15(20)13-6-3-9-19(12-13)16(21)18-14-7-4-11-23-14/h4,7,11,13H,2-3,5-6,8-10,12H2,1H3,(H,17,20)(H,18,21). The number of anilines is 1. The molecule has 1 aromatic rings. The quantitative estimate of drug-likeness (QED) is 0.750. The molecule has 1 aliphatic rings. The predicted octanol–water partition coefficient (Wildman–Crippen LogP) is 2.53. The van der Waals surface area contributed by atoms with E-state index < -0.39 is 0 Å². The molecule has 128 valence electrons. The maximum Gasteiger partial charge on any atom is 0.322 e. The normalized spacial score (nSPS) is 17.8. The van der Waals surface area contributed by atoms with Gasteiger partial charge in [-0.05, 0) is 43.7 Å². The van der Waals surface area contributed by atoms with Crippen molar-refractivity contribution in [2.24, 2.45) is 5.92 Å². The number of thiophene rings is 1. The highest BCUT2D eigenvalue weighted by Crippen LogP contribution is 2.20. The third-order valence-corrected chi connectivity index (χ3v) is 4.58. The fraction of sp³-hybridized carbons (Fsp3) is 0.625. The lowest BCUT2D eigenvalue weighted by Crippen LogP contribution is -2.47. The minimum atomic E-state index is -0.124. The molecule has 0 saturated carbocycles. The number of carbonyl (C=O) groups excluding carboxylic acids is 2. The molecule has 2 rings (SSSR count). The van der Waals surface area contributed by atoms with E-state index in [1.54, 1.807) is 4.90 Å². The van der Waals surface area contributed by atoms with E-state index in [1.807, 2.05) is 24.4 Å². The lowest BCUT2D eigenvalue weighted by atomic mass is 9.97. The summed E-state index contributed by atoms with van der Waals surface area (Å²) in [5, 5.41) is 8.57. The second kappa shape index (κ2) is 9.52. The van der Waals surface area contributed by atoms with Gasteiger partial charge in [0.25, 0.3) is 0 Å². The Labute approximate surface area is 141 Å². The van der Waals surface area contributed by atoms with E-state index in [0.717, 1.165) is 24.3 Å². The van der Waals surface area contributed by atoms with Crippen molar-refractivity contribution >= 4 is 28.3 Å². The minimum absolute atomic E-state index is 0.0372. The number of rotatable bonds is 7. The summed E-state index contributed by atoms with van der Waals surface area (Å²) in [7, 11) is 0. The number of carbonyl (C=O) groups is 2. The number of nitrogens with zero attached hydrogens (tertiary/aromatic N) is 1. The van der Waals surface area contributed by atoms with E-state index in [2.05, 4.69) is 10.6 Å². The van der Waals surface area contributed by atoms with Crippen LogP contribution in [0.5, 0.6) is 0 Å². The van der Waals surface area contributed by atoms with Gasteiger partial charge in [-0.2, -0.15) is 0 Å².